The molecule has 0 saturated carbocycles. The number of benzene rings is 1. The third-order valence-corrected chi connectivity index (χ3v) is 5.01. The van der Waals surface area contributed by atoms with Gasteiger partial charge < -0.3 is 10.1 Å². The zero-order valence-electron chi connectivity index (χ0n) is 10.2. The Labute approximate surface area is 128 Å². The third-order valence-electron chi connectivity index (χ3n) is 3.27. The zero-order valence-corrected chi connectivity index (χ0v) is 13.4. The molecule has 2 rings (SSSR count). The fraction of sp³-hybridized carbons (Fsp3) is 0.462. The predicted octanol–water partition coefficient (Wildman–Crippen LogP) is 3.26. The number of nitrogens with one attached hydrogen (secondary N) is 1. The number of carbonyl (C=O) groups is 1. The van der Waals surface area contributed by atoms with E-state index in [9.17, 15) is 9.18 Å². The Morgan fingerprint density at radius 2 is 2.11 bits per heavy atom. The molecule has 1 saturated heterocycles. The molecule has 104 valence electrons. The maximum absolute atomic E-state index is 13.8. The SMILES string of the molecule is O=C(NC1(CBr)CCOCC1)c1c(F)cccc1Br. The molecule has 0 spiro atoms. The summed E-state index contributed by atoms with van der Waals surface area (Å²) in [7, 11) is 0. The molecule has 0 aromatic heterocycles. The number of halogens is 3. The Hall–Kier alpha value is -0.460. The molecule has 1 aromatic rings. The molecule has 1 N–H and O–H groups in total. The van der Waals surface area contributed by atoms with Gasteiger partial charge in [-0.25, -0.2) is 4.39 Å². The summed E-state index contributed by atoms with van der Waals surface area (Å²) in [4.78, 5) is 12.3. The molecule has 1 aliphatic heterocycles. The van der Waals surface area contributed by atoms with Gasteiger partial charge in [-0.1, -0.05) is 22.0 Å². The molecular weight excluding hydrogens is 381 g/mol. The van der Waals surface area contributed by atoms with Gasteiger partial charge in [-0.2, -0.15) is 0 Å². The van der Waals surface area contributed by atoms with Gasteiger partial charge in [0.05, 0.1) is 11.1 Å². The van der Waals surface area contributed by atoms with Crippen molar-refractivity contribution in [1.82, 2.24) is 5.32 Å². The molecule has 1 aromatic carbocycles. The molecular formula is C13H14Br2FNO2. The molecule has 0 radical (unpaired) electrons. The third kappa shape index (κ3) is 3.35. The van der Waals surface area contributed by atoms with Crippen molar-refractivity contribution in [2.45, 2.75) is 18.4 Å². The quantitative estimate of drug-likeness (QED) is 0.799. The molecule has 0 atom stereocenters. The van der Waals surface area contributed by atoms with Crippen molar-refractivity contribution in [3.8, 4) is 0 Å². The van der Waals surface area contributed by atoms with Crippen molar-refractivity contribution < 1.29 is 13.9 Å². The first-order valence-electron chi connectivity index (χ1n) is 5.98. The first kappa shape index (κ1) is 14.9. The molecule has 1 amide bonds. The molecule has 6 heteroatoms. The molecule has 3 nitrogen and oxygen atoms in total. The number of hydrogen-bond acceptors (Lipinski definition) is 2. The Kier molecular flexibility index (Phi) is 4.97. The number of ether oxygens (including phenoxy) is 1. The minimum Gasteiger partial charge on any atom is -0.381 e. The Bertz CT molecular complexity index is 455. The summed E-state index contributed by atoms with van der Waals surface area (Å²) < 4.78 is 19.5. The van der Waals surface area contributed by atoms with Crippen LogP contribution in [-0.2, 0) is 4.74 Å². The van der Waals surface area contributed by atoms with E-state index in [1.807, 2.05) is 0 Å². The lowest BCUT2D eigenvalue weighted by atomic mass is 9.92. The highest BCUT2D eigenvalue weighted by Crippen LogP contribution is 2.25. The van der Waals surface area contributed by atoms with E-state index >= 15 is 0 Å². The molecule has 1 fully saturated rings. The summed E-state index contributed by atoms with van der Waals surface area (Å²) >= 11 is 6.65. The summed E-state index contributed by atoms with van der Waals surface area (Å²) in [5.74, 6) is -0.921. The van der Waals surface area contributed by atoms with Crippen molar-refractivity contribution in [1.29, 1.82) is 0 Å². The van der Waals surface area contributed by atoms with E-state index in [1.165, 1.54) is 6.07 Å². The van der Waals surface area contributed by atoms with Crippen LogP contribution in [0.4, 0.5) is 4.39 Å². The normalized spacial score (nSPS) is 18.1. The van der Waals surface area contributed by atoms with Crippen LogP contribution in [0.25, 0.3) is 0 Å². The topological polar surface area (TPSA) is 38.3 Å². The Morgan fingerprint density at radius 3 is 2.68 bits per heavy atom. The van der Waals surface area contributed by atoms with Gasteiger partial charge in [0, 0.05) is 23.0 Å². The van der Waals surface area contributed by atoms with Crippen molar-refractivity contribution in [3.63, 3.8) is 0 Å². The summed E-state index contributed by atoms with van der Waals surface area (Å²) in [5, 5.41) is 3.57. The molecule has 1 heterocycles. The highest BCUT2D eigenvalue weighted by molar-refractivity contribution is 9.10. The smallest absolute Gasteiger partial charge is 0.255 e. The van der Waals surface area contributed by atoms with Crippen LogP contribution in [0, 0.1) is 5.82 Å². The number of amides is 1. The fourth-order valence-electron chi connectivity index (χ4n) is 2.07. The van der Waals surface area contributed by atoms with Crippen LogP contribution < -0.4 is 5.32 Å². The van der Waals surface area contributed by atoms with Crippen LogP contribution in [0.2, 0.25) is 0 Å². The first-order chi connectivity index (χ1) is 9.08. The minimum absolute atomic E-state index is 0.0503. The van der Waals surface area contributed by atoms with E-state index in [2.05, 4.69) is 37.2 Å². The van der Waals surface area contributed by atoms with Crippen molar-refractivity contribution >= 4 is 37.8 Å². The lowest BCUT2D eigenvalue weighted by Crippen LogP contribution is -2.53. The molecule has 19 heavy (non-hydrogen) atoms. The number of rotatable bonds is 3. The van der Waals surface area contributed by atoms with Gasteiger partial charge in [-0.05, 0) is 40.9 Å². The molecule has 0 bridgehead atoms. The molecule has 0 unspecified atom stereocenters. The number of carbonyl (C=O) groups excluding carboxylic acids is 1. The van der Waals surface area contributed by atoms with Crippen molar-refractivity contribution in [2.24, 2.45) is 0 Å². The first-order valence-corrected chi connectivity index (χ1v) is 7.90. The van der Waals surface area contributed by atoms with E-state index in [1.54, 1.807) is 12.1 Å². The van der Waals surface area contributed by atoms with E-state index in [4.69, 9.17) is 4.74 Å². The van der Waals surface area contributed by atoms with Gasteiger partial charge >= 0.3 is 0 Å². The second-order valence-electron chi connectivity index (χ2n) is 4.58. The van der Waals surface area contributed by atoms with E-state index in [0.717, 1.165) is 12.8 Å². The van der Waals surface area contributed by atoms with Gasteiger partial charge in [0.1, 0.15) is 5.82 Å². The highest BCUT2D eigenvalue weighted by Gasteiger charge is 2.34. The van der Waals surface area contributed by atoms with Gasteiger partial charge in [0.15, 0.2) is 0 Å². The Morgan fingerprint density at radius 1 is 1.42 bits per heavy atom. The fourth-order valence-corrected chi connectivity index (χ4v) is 3.30. The van der Waals surface area contributed by atoms with Gasteiger partial charge in [-0.15, -0.1) is 0 Å². The van der Waals surface area contributed by atoms with Gasteiger partial charge in [0.2, 0.25) is 0 Å². The second kappa shape index (κ2) is 6.33. The minimum atomic E-state index is -0.524. The molecule has 1 aliphatic rings. The average Bonchev–Trinajstić information content (AvgIpc) is 2.39. The van der Waals surface area contributed by atoms with Crippen LogP contribution in [0.5, 0.6) is 0 Å². The highest BCUT2D eigenvalue weighted by atomic mass is 79.9. The summed E-state index contributed by atoms with van der Waals surface area (Å²) in [6.07, 6.45) is 1.44. The zero-order chi connectivity index (χ0) is 13.9. The summed E-state index contributed by atoms with van der Waals surface area (Å²) in [6, 6.07) is 4.50. The van der Waals surface area contributed by atoms with E-state index in [-0.39, 0.29) is 11.1 Å². The predicted molar refractivity (Wildman–Crippen MR) is 78.1 cm³/mol. The number of hydrogen-bond donors (Lipinski definition) is 1. The van der Waals surface area contributed by atoms with Crippen LogP contribution in [0.3, 0.4) is 0 Å². The second-order valence-corrected chi connectivity index (χ2v) is 5.99. The summed E-state index contributed by atoms with van der Waals surface area (Å²) in [6.45, 7) is 1.20. The standard InChI is InChI=1S/C13H14Br2FNO2/c14-8-13(4-6-19-7-5-13)17-12(18)11-9(15)2-1-3-10(11)16/h1-3H,4-8H2,(H,17,18). The van der Waals surface area contributed by atoms with E-state index < -0.39 is 11.7 Å². The summed E-state index contributed by atoms with van der Waals surface area (Å²) in [5.41, 5.74) is -0.314. The lowest BCUT2D eigenvalue weighted by molar-refractivity contribution is 0.0440. The van der Waals surface area contributed by atoms with E-state index in [0.29, 0.717) is 23.0 Å². The maximum Gasteiger partial charge on any atom is 0.255 e. The monoisotopic (exact) mass is 393 g/mol. The largest absolute Gasteiger partial charge is 0.381 e. The maximum atomic E-state index is 13.8. The number of alkyl halides is 1. The lowest BCUT2D eigenvalue weighted by Gasteiger charge is -2.36. The van der Waals surface area contributed by atoms with Gasteiger partial charge in [-0.3, -0.25) is 4.79 Å². The van der Waals surface area contributed by atoms with Crippen LogP contribution >= 0.6 is 31.9 Å². The molecule has 0 aliphatic carbocycles. The van der Waals surface area contributed by atoms with Crippen molar-refractivity contribution in [3.05, 3.63) is 34.1 Å². The Balaban J connectivity index is 2.20. The van der Waals surface area contributed by atoms with Crippen LogP contribution in [0.15, 0.2) is 22.7 Å². The van der Waals surface area contributed by atoms with Gasteiger partial charge in [0.25, 0.3) is 5.91 Å². The van der Waals surface area contributed by atoms with Crippen molar-refractivity contribution in [2.75, 3.05) is 18.5 Å². The van der Waals surface area contributed by atoms with Crippen LogP contribution in [-0.4, -0.2) is 30.0 Å². The van der Waals surface area contributed by atoms with Crippen LogP contribution in [0.1, 0.15) is 23.2 Å². The average molecular weight is 395 g/mol.